The van der Waals surface area contributed by atoms with Crippen molar-refractivity contribution < 1.29 is 4.74 Å². The number of nitrogens with zero attached hydrogens (tertiary/aromatic N) is 1. The number of piperidine rings is 1. The van der Waals surface area contributed by atoms with Crippen molar-refractivity contribution in [3.05, 3.63) is 42.1 Å². The number of benzene rings is 1. The van der Waals surface area contributed by atoms with Crippen LogP contribution in [0.3, 0.4) is 0 Å². The Balaban J connectivity index is 1.70. The summed E-state index contributed by atoms with van der Waals surface area (Å²) in [6.45, 7) is 4.40. The Morgan fingerprint density at radius 2 is 2.14 bits per heavy atom. The van der Waals surface area contributed by atoms with E-state index in [1.807, 2.05) is 6.20 Å². The molecule has 3 heteroatoms. The largest absolute Gasteiger partial charge is 0.365 e. The summed E-state index contributed by atoms with van der Waals surface area (Å²) in [4.78, 5) is 4.49. The van der Waals surface area contributed by atoms with E-state index in [0.29, 0.717) is 5.92 Å². The Kier molecular flexibility index (Phi) is 3.63. The monoisotopic (exact) mass is 296 g/mol. The standard InChI is InChI=1S/C19H24N2O/c1-2-19-13-20-11-9-14(19)7-8-18(22-19)16-10-12-21-17-6-4-3-5-15(16)17/h3-6,10,12,14,18,20H,2,7-9,11,13H2,1H3/t14-,18-,19+/m1/s1. The predicted molar refractivity (Wildman–Crippen MR) is 88.8 cm³/mol. The van der Waals surface area contributed by atoms with Gasteiger partial charge in [-0.15, -0.1) is 0 Å². The molecule has 2 fully saturated rings. The molecular formula is C19H24N2O. The average Bonchev–Trinajstić information content (AvgIpc) is 2.60. The zero-order chi connectivity index (χ0) is 15.0. The highest BCUT2D eigenvalue weighted by atomic mass is 16.5. The average molecular weight is 296 g/mol. The summed E-state index contributed by atoms with van der Waals surface area (Å²) in [5, 5.41) is 4.79. The van der Waals surface area contributed by atoms with Crippen molar-refractivity contribution in [1.82, 2.24) is 10.3 Å². The van der Waals surface area contributed by atoms with Crippen molar-refractivity contribution in [3.8, 4) is 0 Å². The second-order valence-corrected chi connectivity index (χ2v) is 6.68. The second-order valence-electron chi connectivity index (χ2n) is 6.68. The van der Waals surface area contributed by atoms with Crippen molar-refractivity contribution in [2.24, 2.45) is 5.92 Å². The smallest absolute Gasteiger partial charge is 0.0840 e. The topological polar surface area (TPSA) is 34.2 Å². The molecular weight excluding hydrogens is 272 g/mol. The van der Waals surface area contributed by atoms with Gasteiger partial charge in [0.05, 0.1) is 17.2 Å². The molecule has 3 nitrogen and oxygen atoms in total. The minimum atomic E-state index is 0.0194. The van der Waals surface area contributed by atoms with Crippen molar-refractivity contribution in [1.29, 1.82) is 0 Å². The minimum Gasteiger partial charge on any atom is -0.365 e. The molecule has 2 aromatic rings. The van der Waals surface area contributed by atoms with Crippen molar-refractivity contribution in [2.45, 2.75) is 44.3 Å². The molecule has 0 unspecified atom stereocenters. The molecule has 2 saturated heterocycles. The van der Waals surface area contributed by atoms with Crippen molar-refractivity contribution in [3.63, 3.8) is 0 Å². The summed E-state index contributed by atoms with van der Waals surface area (Å²) in [5.74, 6) is 0.711. The fourth-order valence-corrected chi connectivity index (χ4v) is 4.34. The lowest BCUT2D eigenvalue weighted by Gasteiger charge is -2.50. The first-order chi connectivity index (χ1) is 10.8. The highest BCUT2D eigenvalue weighted by molar-refractivity contribution is 5.82. The van der Waals surface area contributed by atoms with E-state index in [0.717, 1.165) is 31.4 Å². The highest BCUT2D eigenvalue weighted by Gasteiger charge is 2.45. The number of hydrogen-bond acceptors (Lipinski definition) is 3. The van der Waals surface area contributed by atoms with Crippen LogP contribution in [0, 0.1) is 5.92 Å². The van der Waals surface area contributed by atoms with Gasteiger partial charge in [0.2, 0.25) is 0 Å². The van der Waals surface area contributed by atoms with Gasteiger partial charge in [0.1, 0.15) is 0 Å². The van der Waals surface area contributed by atoms with Gasteiger partial charge in [0, 0.05) is 18.1 Å². The van der Waals surface area contributed by atoms with Crippen LogP contribution in [0.5, 0.6) is 0 Å². The number of hydrogen-bond donors (Lipinski definition) is 1. The van der Waals surface area contributed by atoms with E-state index >= 15 is 0 Å². The lowest BCUT2D eigenvalue weighted by atomic mass is 9.74. The summed E-state index contributed by atoms with van der Waals surface area (Å²) in [5.41, 5.74) is 2.39. The number of nitrogens with one attached hydrogen (secondary N) is 1. The molecule has 116 valence electrons. The zero-order valence-corrected chi connectivity index (χ0v) is 13.2. The van der Waals surface area contributed by atoms with E-state index in [1.165, 1.54) is 23.8 Å². The SMILES string of the molecule is CC[C@]12CNCC[C@H]1CC[C@H](c1ccnc3ccccc13)O2. The van der Waals surface area contributed by atoms with E-state index in [4.69, 9.17) is 4.74 Å². The summed E-state index contributed by atoms with van der Waals surface area (Å²) < 4.78 is 6.73. The maximum atomic E-state index is 6.73. The van der Waals surface area contributed by atoms with Gasteiger partial charge in [-0.1, -0.05) is 25.1 Å². The molecule has 2 aliphatic heterocycles. The molecule has 0 radical (unpaired) electrons. The Bertz CT molecular complexity index is 666. The van der Waals surface area contributed by atoms with Gasteiger partial charge < -0.3 is 10.1 Å². The molecule has 3 heterocycles. The Labute approximate surface area is 132 Å². The van der Waals surface area contributed by atoms with Gasteiger partial charge in [-0.2, -0.15) is 0 Å². The fraction of sp³-hybridized carbons (Fsp3) is 0.526. The normalized spacial score (nSPS) is 31.9. The van der Waals surface area contributed by atoms with E-state index in [1.54, 1.807) is 0 Å². The Hall–Kier alpha value is -1.45. The number of ether oxygens (including phenoxy) is 1. The molecule has 0 amide bonds. The van der Waals surface area contributed by atoms with Crippen molar-refractivity contribution in [2.75, 3.05) is 13.1 Å². The molecule has 0 spiro atoms. The molecule has 0 saturated carbocycles. The first-order valence-electron chi connectivity index (χ1n) is 8.54. The van der Waals surface area contributed by atoms with Crippen LogP contribution in [0.2, 0.25) is 0 Å². The van der Waals surface area contributed by atoms with Crippen LogP contribution in [0.25, 0.3) is 10.9 Å². The van der Waals surface area contributed by atoms with E-state index < -0.39 is 0 Å². The fourth-order valence-electron chi connectivity index (χ4n) is 4.34. The third kappa shape index (κ3) is 2.24. The lowest BCUT2D eigenvalue weighted by molar-refractivity contribution is -0.174. The first-order valence-corrected chi connectivity index (χ1v) is 8.54. The molecule has 1 aromatic heterocycles. The zero-order valence-electron chi connectivity index (χ0n) is 13.2. The Morgan fingerprint density at radius 1 is 1.23 bits per heavy atom. The molecule has 22 heavy (non-hydrogen) atoms. The Morgan fingerprint density at radius 3 is 3.05 bits per heavy atom. The molecule has 3 atom stereocenters. The van der Waals surface area contributed by atoms with Crippen LogP contribution in [0.1, 0.15) is 44.3 Å². The predicted octanol–water partition coefficient (Wildman–Crippen LogP) is 3.84. The van der Waals surface area contributed by atoms with Gasteiger partial charge >= 0.3 is 0 Å². The number of para-hydroxylation sites is 1. The molecule has 2 aliphatic rings. The summed E-state index contributed by atoms with van der Waals surface area (Å²) in [7, 11) is 0. The van der Waals surface area contributed by atoms with Crippen LogP contribution in [0.15, 0.2) is 36.5 Å². The first kappa shape index (κ1) is 14.2. The molecule has 1 aromatic carbocycles. The maximum Gasteiger partial charge on any atom is 0.0840 e. The van der Waals surface area contributed by atoms with E-state index in [2.05, 4.69) is 47.6 Å². The number of fused-ring (bicyclic) bond motifs is 2. The highest BCUT2D eigenvalue weighted by Crippen LogP contribution is 2.46. The summed E-state index contributed by atoms with van der Waals surface area (Å²) in [6, 6.07) is 10.5. The third-order valence-corrected chi connectivity index (χ3v) is 5.62. The molecule has 0 aliphatic carbocycles. The van der Waals surface area contributed by atoms with Gasteiger partial charge in [0.15, 0.2) is 0 Å². The number of aromatic nitrogens is 1. The quantitative estimate of drug-likeness (QED) is 0.914. The lowest BCUT2D eigenvalue weighted by Crippen LogP contribution is -2.56. The van der Waals surface area contributed by atoms with E-state index in [-0.39, 0.29) is 11.7 Å². The van der Waals surface area contributed by atoms with Crippen LogP contribution < -0.4 is 5.32 Å². The summed E-state index contributed by atoms with van der Waals surface area (Å²) >= 11 is 0. The van der Waals surface area contributed by atoms with Gasteiger partial charge in [-0.05, 0) is 55.8 Å². The maximum absolute atomic E-state index is 6.73. The second kappa shape index (κ2) is 5.64. The molecule has 1 N–H and O–H groups in total. The third-order valence-electron chi connectivity index (χ3n) is 5.62. The van der Waals surface area contributed by atoms with Gasteiger partial charge in [-0.25, -0.2) is 0 Å². The summed E-state index contributed by atoms with van der Waals surface area (Å²) in [6.07, 6.45) is 6.85. The van der Waals surface area contributed by atoms with Crippen LogP contribution in [-0.4, -0.2) is 23.7 Å². The van der Waals surface area contributed by atoms with E-state index in [9.17, 15) is 0 Å². The molecule has 0 bridgehead atoms. The minimum absolute atomic E-state index is 0.0194. The molecule has 4 rings (SSSR count). The van der Waals surface area contributed by atoms with Crippen LogP contribution in [0.4, 0.5) is 0 Å². The van der Waals surface area contributed by atoms with Gasteiger partial charge in [0.25, 0.3) is 0 Å². The van der Waals surface area contributed by atoms with Crippen molar-refractivity contribution >= 4 is 10.9 Å². The number of rotatable bonds is 2. The van der Waals surface area contributed by atoms with Crippen LogP contribution >= 0.6 is 0 Å². The van der Waals surface area contributed by atoms with Crippen LogP contribution in [-0.2, 0) is 4.74 Å². The van der Waals surface area contributed by atoms with Gasteiger partial charge in [-0.3, -0.25) is 4.98 Å². The number of pyridine rings is 1.